The summed E-state index contributed by atoms with van der Waals surface area (Å²) >= 11 is 0. The maximum Gasteiger partial charge on any atom is 0.0329 e. The third-order valence-electron chi connectivity index (χ3n) is 5.07. The molecule has 1 aliphatic heterocycles. The summed E-state index contributed by atoms with van der Waals surface area (Å²) in [5.74, 6) is 0.797. The van der Waals surface area contributed by atoms with Crippen LogP contribution in [-0.4, -0.2) is 24.0 Å². The fourth-order valence-corrected chi connectivity index (χ4v) is 3.81. The molecule has 0 amide bonds. The third kappa shape index (κ3) is 2.90. The minimum atomic E-state index is 0.415. The van der Waals surface area contributed by atoms with Crippen LogP contribution in [0.2, 0.25) is 0 Å². The molecule has 1 heterocycles. The lowest BCUT2D eigenvalue weighted by Crippen LogP contribution is -2.44. The summed E-state index contributed by atoms with van der Waals surface area (Å²) in [5, 5.41) is 0. The van der Waals surface area contributed by atoms with E-state index in [1.807, 2.05) is 0 Å². The largest absolute Gasteiger partial charge is 0.373 e. The Balaban J connectivity index is 1.58. The van der Waals surface area contributed by atoms with Crippen LogP contribution in [0.15, 0.2) is 11.3 Å². The van der Waals surface area contributed by atoms with Crippen molar-refractivity contribution < 1.29 is 0 Å². The maximum absolute atomic E-state index is 6.50. The molecule has 3 rings (SSSR count). The van der Waals surface area contributed by atoms with Crippen LogP contribution in [0, 0.1) is 5.92 Å². The van der Waals surface area contributed by atoms with Crippen molar-refractivity contribution in [3.63, 3.8) is 0 Å². The first-order valence-electron chi connectivity index (χ1n) is 8.06. The quantitative estimate of drug-likeness (QED) is 0.829. The maximum atomic E-state index is 6.50. The van der Waals surface area contributed by atoms with E-state index >= 15 is 0 Å². The summed E-state index contributed by atoms with van der Waals surface area (Å²) in [6.45, 7) is 2.39. The molecule has 3 aliphatic rings. The summed E-state index contributed by atoms with van der Waals surface area (Å²) in [6, 6.07) is 0.415. The predicted molar refractivity (Wildman–Crippen MR) is 76.2 cm³/mol. The highest BCUT2D eigenvalue weighted by Gasteiger charge is 2.28. The number of nitrogens with two attached hydrogens (primary N) is 1. The second-order valence-electron chi connectivity index (χ2n) is 6.52. The smallest absolute Gasteiger partial charge is 0.0329 e. The Morgan fingerprint density at radius 3 is 2.50 bits per heavy atom. The van der Waals surface area contributed by atoms with Crippen LogP contribution in [-0.2, 0) is 0 Å². The number of nitrogens with zero attached hydrogens (tertiary/aromatic N) is 1. The van der Waals surface area contributed by atoms with Crippen LogP contribution >= 0.6 is 0 Å². The van der Waals surface area contributed by atoms with Gasteiger partial charge in [-0.2, -0.15) is 0 Å². The lowest BCUT2D eigenvalue weighted by molar-refractivity contribution is 0.217. The van der Waals surface area contributed by atoms with Gasteiger partial charge in [-0.15, -0.1) is 0 Å². The minimum absolute atomic E-state index is 0.415. The fraction of sp³-hybridized carbons (Fsp3) is 0.875. The first kappa shape index (κ1) is 12.5. The van der Waals surface area contributed by atoms with Crippen molar-refractivity contribution in [2.45, 2.75) is 70.3 Å². The second kappa shape index (κ2) is 5.64. The molecule has 2 N–H and O–H groups in total. The molecule has 0 aromatic carbocycles. The summed E-state index contributed by atoms with van der Waals surface area (Å²) in [7, 11) is 0. The molecule has 1 atom stereocenters. The van der Waals surface area contributed by atoms with Gasteiger partial charge in [0.05, 0.1) is 0 Å². The van der Waals surface area contributed by atoms with Crippen molar-refractivity contribution >= 4 is 0 Å². The van der Waals surface area contributed by atoms with E-state index in [9.17, 15) is 0 Å². The van der Waals surface area contributed by atoms with Crippen molar-refractivity contribution in [1.29, 1.82) is 0 Å². The number of allylic oxidation sites excluding steroid dienone is 2. The highest BCUT2D eigenvalue weighted by Crippen LogP contribution is 2.37. The molecule has 102 valence electrons. The van der Waals surface area contributed by atoms with Crippen LogP contribution in [0.5, 0.6) is 0 Å². The van der Waals surface area contributed by atoms with E-state index in [0.29, 0.717) is 6.04 Å². The van der Waals surface area contributed by atoms with Gasteiger partial charge >= 0.3 is 0 Å². The summed E-state index contributed by atoms with van der Waals surface area (Å²) in [6.07, 6.45) is 13.8. The standard InChI is InChI=1S/C16H28N2/c17-15(13-6-2-1-3-7-13)12-18-11-5-4-8-16(18)14-9-10-14/h13,15H,1-12,17H2/t15-/m1/s1. The van der Waals surface area contributed by atoms with Gasteiger partial charge in [0.25, 0.3) is 0 Å². The van der Waals surface area contributed by atoms with Crippen molar-refractivity contribution in [1.82, 2.24) is 4.90 Å². The van der Waals surface area contributed by atoms with E-state index in [0.717, 1.165) is 12.5 Å². The molecule has 2 nitrogen and oxygen atoms in total. The van der Waals surface area contributed by atoms with Gasteiger partial charge in [0.15, 0.2) is 0 Å². The Morgan fingerprint density at radius 2 is 1.78 bits per heavy atom. The molecular weight excluding hydrogens is 220 g/mol. The molecule has 0 aromatic rings. The Labute approximate surface area is 112 Å². The average Bonchev–Trinajstić information content (AvgIpc) is 3.25. The molecule has 2 saturated carbocycles. The van der Waals surface area contributed by atoms with Crippen LogP contribution in [0.4, 0.5) is 0 Å². The van der Waals surface area contributed by atoms with Gasteiger partial charge in [-0.1, -0.05) is 24.8 Å². The Kier molecular flexibility index (Phi) is 3.93. The first-order valence-corrected chi connectivity index (χ1v) is 8.06. The van der Waals surface area contributed by atoms with Crippen molar-refractivity contribution in [3.05, 3.63) is 11.3 Å². The molecule has 2 aliphatic carbocycles. The van der Waals surface area contributed by atoms with Crippen molar-refractivity contribution in [3.8, 4) is 0 Å². The zero-order valence-corrected chi connectivity index (χ0v) is 11.7. The Morgan fingerprint density at radius 1 is 1.00 bits per heavy atom. The summed E-state index contributed by atoms with van der Waals surface area (Å²) in [4.78, 5) is 2.64. The molecule has 0 aromatic heterocycles. The van der Waals surface area contributed by atoms with Crippen molar-refractivity contribution in [2.24, 2.45) is 11.7 Å². The molecule has 0 spiro atoms. The van der Waals surface area contributed by atoms with E-state index in [2.05, 4.69) is 4.90 Å². The van der Waals surface area contributed by atoms with E-state index in [-0.39, 0.29) is 0 Å². The highest BCUT2D eigenvalue weighted by molar-refractivity contribution is 5.25. The average molecular weight is 248 g/mol. The zero-order valence-electron chi connectivity index (χ0n) is 11.7. The normalized spacial score (nSPS) is 27.5. The van der Waals surface area contributed by atoms with Gasteiger partial charge in [-0.25, -0.2) is 0 Å². The predicted octanol–water partition coefficient (Wildman–Crippen LogP) is 3.43. The zero-order chi connectivity index (χ0) is 12.4. The number of hydrogen-bond acceptors (Lipinski definition) is 2. The number of rotatable bonds is 3. The SMILES string of the molecule is N[C@H](CN1CCCCC1=C1CC1)C1CCCCC1. The number of hydrogen-bond donors (Lipinski definition) is 1. The minimum Gasteiger partial charge on any atom is -0.373 e. The van der Waals surface area contributed by atoms with E-state index in [1.54, 1.807) is 11.3 Å². The van der Waals surface area contributed by atoms with Gasteiger partial charge in [-0.3, -0.25) is 0 Å². The van der Waals surface area contributed by atoms with E-state index in [4.69, 9.17) is 5.73 Å². The summed E-state index contributed by atoms with van der Waals surface area (Å²) in [5.41, 5.74) is 9.93. The van der Waals surface area contributed by atoms with Crippen molar-refractivity contribution in [2.75, 3.05) is 13.1 Å². The van der Waals surface area contributed by atoms with Gasteiger partial charge in [0.2, 0.25) is 0 Å². The first-order chi connectivity index (χ1) is 8.84. The second-order valence-corrected chi connectivity index (χ2v) is 6.52. The Bertz CT molecular complexity index is 309. The van der Waals surface area contributed by atoms with Crippen LogP contribution in [0.3, 0.4) is 0 Å². The lowest BCUT2D eigenvalue weighted by Gasteiger charge is -2.37. The molecule has 3 fully saturated rings. The topological polar surface area (TPSA) is 29.3 Å². The van der Waals surface area contributed by atoms with E-state index in [1.165, 1.54) is 70.8 Å². The van der Waals surface area contributed by atoms with Crippen LogP contribution in [0.25, 0.3) is 0 Å². The highest BCUT2D eigenvalue weighted by atomic mass is 15.2. The number of piperidine rings is 1. The molecule has 18 heavy (non-hydrogen) atoms. The third-order valence-corrected chi connectivity index (χ3v) is 5.07. The molecular formula is C16H28N2. The molecule has 0 radical (unpaired) electrons. The van der Waals surface area contributed by atoms with Gasteiger partial charge < -0.3 is 10.6 Å². The molecule has 0 unspecified atom stereocenters. The summed E-state index contributed by atoms with van der Waals surface area (Å²) < 4.78 is 0. The lowest BCUT2D eigenvalue weighted by atomic mass is 9.84. The fourth-order valence-electron chi connectivity index (χ4n) is 3.81. The molecule has 1 saturated heterocycles. The van der Waals surface area contributed by atoms with Gasteiger partial charge in [0.1, 0.15) is 0 Å². The number of likely N-dealkylation sites (tertiary alicyclic amines) is 1. The van der Waals surface area contributed by atoms with Gasteiger partial charge in [0, 0.05) is 24.8 Å². The molecule has 2 heteroatoms. The molecule has 0 bridgehead atoms. The van der Waals surface area contributed by atoms with Gasteiger partial charge in [-0.05, 0) is 50.9 Å². The van der Waals surface area contributed by atoms with E-state index < -0.39 is 0 Å². The van der Waals surface area contributed by atoms with Crippen LogP contribution < -0.4 is 5.73 Å². The van der Waals surface area contributed by atoms with Crippen LogP contribution in [0.1, 0.15) is 64.2 Å². The monoisotopic (exact) mass is 248 g/mol. The Hall–Kier alpha value is -0.500.